The van der Waals surface area contributed by atoms with Gasteiger partial charge >= 0.3 is 0 Å². The molecule has 0 aromatic heterocycles. The van der Waals surface area contributed by atoms with Crippen molar-refractivity contribution in [3.05, 3.63) is 23.8 Å². The van der Waals surface area contributed by atoms with E-state index in [1.165, 1.54) is 22.5 Å². The van der Waals surface area contributed by atoms with Gasteiger partial charge in [0.05, 0.1) is 5.56 Å². The third kappa shape index (κ3) is 2.46. The van der Waals surface area contributed by atoms with Crippen LogP contribution in [-0.2, 0) is 10.0 Å². The van der Waals surface area contributed by atoms with Crippen molar-refractivity contribution in [1.82, 2.24) is 4.31 Å². The van der Waals surface area contributed by atoms with Gasteiger partial charge in [0.2, 0.25) is 10.0 Å². The van der Waals surface area contributed by atoms with E-state index in [2.05, 4.69) is 0 Å². The van der Waals surface area contributed by atoms with Crippen LogP contribution in [0, 0.1) is 11.3 Å². The monoisotopic (exact) mass is 283 g/mol. The van der Waals surface area contributed by atoms with Crippen molar-refractivity contribution in [1.29, 1.82) is 5.26 Å². The molecular formula is C11H13N3O2S2. The Kier molecular flexibility index (Phi) is 3.80. The maximum absolute atomic E-state index is 12.4. The fraction of sp³-hybridized carbons (Fsp3) is 0.364. The van der Waals surface area contributed by atoms with Gasteiger partial charge in [-0.25, -0.2) is 8.42 Å². The van der Waals surface area contributed by atoms with Crippen molar-refractivity contribution >= 4 is 27.5 Å². The smallest absolute Gasteiger partial charge is 0.244 e. The van der Waals surface area contributed by atoms with E-state index >= 15 is 0 Å². The first-order chi connectivity index (χ1) is 8.55. The van der Waals surface area contributed by atoms with Crippen LogP contribution < -0.4 is 5.73 Å². The second-order valence-electron chi connectivity index (χ2n) is 3.88. The Balaban J connectivity index is 2.44. The van der Waals surface area contributed by atoms with Crippen molar-refractivity contribution in [3.8, 4) is 6.07 Å². The summed E-state index contributed by atoms with van der Waals surface area (Å²) in [6.07, 6.45) is 0. The van der Waals surface area contributed by atoms with Gasteiger partial charge in [-0.1, -0.05) is 0 Å². The quantitative estimate of drug-likeness (QED) is 0.814. The number of rotatable bonds is 2. The van der Waals surface area contributed by atoms with Crippen LogP contribution >= 0.6 is 11.8 Å². The van der Waals surface area contributed by atoms with Crippen molar-refractivity contribution < 1.29 is 8.42 Å². The first-order valence-corrected chi connectivity index (χ1v) is 8.02. The van der Waals surface area contributed by atoms with Crippen LogP contribution in [0.3, 0.4) is 0 Å². The van der Waals surface area contributed by atoms with Crippen LogP contribution in [0.25, 0.3) is 0 Å². The summed E-state index contributed by atoms with van der Waals surface area (Å²) in [5, 5.41) is 9.01. The van der Waals surface area contributed by atoms with E-state index in [0.29, 0.717) is 18.8 Å². The average Bonchev–Trinajstić information content (AvgIpc) is 2.39. The average molecular weight is 283 g/mol. The van der Waals surface area contributed by atoms with Crippen LogP contribution in [0.2, 0.25) is 0 Å². The molecule has 0 atom stereocenters. The summed E-state index contributed by atoms with van der Waals surface area (Å²) in [7, 11) is -3.58. The predicted molar refractivity (Wildman–Crippen MR) is 71.7 cm³/mol. The maximum atomic E-state index is 12.4. The molecule has 18 heavy (non-hydrogen) atoms. The molecule has 2 rings (SSSR count). The highest BCUT2D eigenvalue weighted by atomic mass is 32.2. The summed E-state index contributed by atoms with van der Waals surface area (Å²) in [6.45, 7) is 0.977. The Morgan fingerprint density at radius 2 is 2.00 bits per heavy atom. The number of nitrogens with two attached hydrogens (primary N) is 1. The van der Waals surface area contributed by atoms with Gasteiger partial charge in [0, 0.05) is 30.3 Å². The Labute approximate surface area is 111 Å². The van der Waals surface area contributed by atoms with Crippen LogP contribution in [-0.4, -0.2) is 37.3 Å². The van der Waals surface area contributed by atoms with Gasteiger partial charge < -0.3 is 5.73 Å². The minimum absolute atomic E-state index is 0.0473. The Bertz CT molecular complexity index is 587. The van der Waals surface area contributed by atoms with E-state index in [9.17, 15) is 8.42 Å². The predicted octanol–water partition coefficient (Wildman–Crippen LogP) is 0.878. The number of hydrogen-bond donors (Lipinski definition) is 1. The van der Waals surface area contributed by atoms with E-state index in [0.717, 1.165) is 11.5 Å². The lowest BCUT2D eigenvalue weighted by Crippen LogP contribution is -2.38. The second-order valence-corrected chi connectivity index (χ2v) is 7.01. The number of nitrogen functional groups attached to an aromatic ring is 1. The summed E-state index contributed by atoms with van der Waals surface area (Å²) >= 11 is 1.73. The number of benzene rings is 1. The molecule has 1 aliphatic heterocycles. The molecule has 0 unspecified atom stereocenters. The Hall–Kier alpha value is -1.23. The van der Waals surface area contributed by atoms with E-state index in [4.69, 9.17) is 11.0 Å². The minimum atomic E-state index is -3.58. The fourth-order valence-electron chi connectivity index (χ4n) is 1.79. The number of hydrogen-bond acceptors (Lipinski definition) is 5. The number of thioether (sulfide) groups is 1. The zero-order chi connectivity index (χ0) is 13.2. The van der Waals surface area contributed by atoms with Crippen LogP contribution in [0.15, 0.2) is 23.1 Å². The summed E-state index contributed by atoms with van der Waals surface area (Å²) in [4.78, 5) is 0.0473. The number of sulfonamides is 1. The molecule has 0 saturated carbocycles. The van der Waals surface area contributed by atoms with Gasteiger partial charge in [0.1, 0.15) is 11.0 Å². The summed E-state index contributed by atoms with van der Waals surface area (Å²) in [5.74, 6) is 1.58. The largest absolute Gasteiger partial charge is 0.399 e. The molecule has 0 spiro atoms. The molecule has 1 heterocycles. The molecule has 96 valence electrons. The van der Waals surface area contributed by atoms with Crippen molar-refractivity contribution in [2.75, 3.05) is 30.3 Å². The normalized spacial score (nSPS) is 17.3. The Morgan fingerprint density at radius 1 is 1.33 bits per heavy atom. The first kappa shape index (κ1) is 13.2. The number of anilines is 1. The van der Waals surface area contributed by atoms with Crippen molar-refractivity contribution in [3.63, 3.8) is 0 Å². The van der Waals surface area contributed by atoms with Gasteiger partial charge in [0.25, 0.3) is 0 Å². The van der Waals surface area contributed by atoms with E-state index in [1.54, 1.807) is 11.8 Å². The molecule has 1 fully saturated rings. The zero-order valence-electron chi connectivity index (χ0n) is 9.67. The molecule has 1 aliphatic rings. The molecular weight excluding hydrogens is 270 g/mol. The number of nitriles is 1. The summed E-state index contributed by atoms with van der Waals surface area (Å²) in [5.41, 5.74) is 6.06. The number of nitrogens with zero attached hydrogens (tertiary/aromatic N) is 2. The van der Waals surface area contributed by atoms with Crippen molar-refractivity contribution in [2.45, 2.75) is 4.90 Å². The molecule has 0 aliphatic carbocycles. The summed E-state index contributed by atoms with van der Waals surface area (Å²) in [6, 6.07) is 6.20. The van der Waals surface area contributed by atoms with Gasteiger partial charge in [-0.2, -0.15) is 21.3 Å². The van der Waals surface area contributed by atoms with Gasteiger partial charge in [-0.3, -0.25) is 0 Å². The van der Waals surface area contributed by atoms with E-state index in [-0.39, 0.29) is 10.5 Å². The minimum Gasteiger partial charge on any atom is -0.399 e. The van der Waals surface area contributed by atoms with Crippen LogP contribution in [0.1, 0.15) is 5.56 Å². The molecule has 7 heteroatoms. The Morgan fingerprint density at radius 3 is 2.61 bits per heavy atom. The van der Waals surface area contributed by atoms with Gasteiger partial charge in [0.15, 0.2) is 0 Å². The lowest BCUT2D eigenvalue weighted by Gasteiger charge is -2.25. The standard InChI is InChI=1S/C11H13N3O2S2/c12-8-9-7-10(13)1-2-11(9)18(15,16)14-3-5-17-6-4-14/h1-2,7H,3-6,13H2. The molecule has 0 bridgehead atoms. The lowest BCUT2D eigenvalue weighted by atomic mass is 10.2. The SMILES string of the molecule is N#Cc1cc(N)ccc1S(=O)(=O)N1CCSCC1. The third-order valence-electron chi connectivity index (χ3n) is 2.71. The molecule has 1 saturated heterocycles. The molecule has 1 aromatic rings. The van der Waals surface area contributed by atoms with Crippen LogP contribution in [0.5, 0.6) is 0 Å². The lowest BCUT2D eigenvalue weighted by molar-refractivity contribution is 0.443. The molecule has 2 N–H and O–H groups in total. The molecule has 5 nitrogen and oxygen atoms in total. The van der Waals surface area contributed by atoms with Crippen molar-refractivity contribution in [2.24, 2.45) is 0 Å². The fourth-order valence-corrected chi connectivity index (χ4v) is 4.48. The molecule has 0 radical (unpaired) electrons. The maximum Gasteiger partial charge on any atom is 0.244 e. The molecule has 1 aromatic carbocycles. The highest BCUT2D eigenvalue weighted by Gasteiger charge is 2.28. The zero-order valence-corrected chi connectivity index (χ0v) is 11.3. The molecule has 0 amide bonds. The van der Waals surface area contributed by atoms with Gasteiger partial charge in [-0.05, 0) is 18.2 Å². The van der Waals surface area contributed by atoms with E-state index < -0.39 is 10.0 Å². The topological polar surface area (TPSA) is 87.2 Å². The first-order valence-electron chi connectivity index (χ1n) is 5.43. The highest BCUT2D eigenvalue weighted by molar-refractivity contribution is 7.99. The second kappa shape index (κ2) is 5.18. The summed E-state index contributed by atoms with van der Waals surface area (Å²) < 4.78 is 26.2. The third-order valence-corrected chi connectivity index (χ3v) is 5.61. The highest BCUT2D eigenvalue weighted by Crippen LogP contribution is 2.24. The van der Waals surface area contributed by atoms with E-state index in [1.807, 2.05) is 6.07 Å². The van der Waals surface area contributed by atoms with Gasteiger partial charge in [-0.15, -0.1) is 0 Å². The van der Waals surface area contributed by atoms with Crippen LogP contribution in [0.4, 0.5) is 5.69 Å².